The molecule has 0 N–H and O–H groups in total. The van der Waals surface area contributed by atoms with Gasteiger partial charge in [-0.3, -0.25) is 4.90 Å². The molecule has 3 rings (SSSR count). The lowest BCUT2D eigenvalue weighted by Crippen LogP contribution is -2.36. The number of rotatable bonds is 3. The first-order chi connectivity index (χ1) is 9.20. The van der Waals surface area contributed by atoms with Gasteiger partial charge in [0.05, 0.1) is 6.54 Å². The van der Waals surface area contributed by atoms with Gasteiger partial charge in [-0.05, 0) is 49.8 Å². The molecule has 1 aliphatic heterocycles. The summed E-state index contributed by atoms with van der Waals surface area (Å²) < 4.78 is 0. The van der Waals surface area contributed by atoms with E-state index in [1.165, 1.54) is 24.8 Å². The molecule has 0 spiro atoms. The Morgan fingerprint density at radius 2 is 1.95 bits per heavy atom. The fourth-order valence-electron chi connectivity index (χ4n) is 3.56. The summed E-state index contributed by atoms with van der Waals surface area (Å²) in [6.45, 7) is 3.10. The molecule has 0 amide bonds. The Morgan fingerprint density at radius 3 is 2.50 bits per heavy atom. The molecule has 1 saturated heterocycles. The SMILES string of the molecule is C#CCN1C(C)C(c2ccc(Cl)cc2)CC1C1CC1.Cl. The zero-order chi connectivity index (χ0) is 13.4. The van der Waals surface area contributed by atoms with E-state index >= 15 is 0 Å². The molecule has 108 valence electrons. The third-order valence-corrected chi connectivity index (χ3v) is 5.02. The summed E-state index contributed by atoms with van der Waals surface area (Å²) in [5, 5.41) is 0.814. The normalized spacial score (nSPS) is 29.8. The summed E-state index contributed by atoms with van der Waals surface area (Å²) in [5.41, 5.74) is 1.40. The number of halogens is 2. The molecule has 2 fully saturated rings. The third-order valence-electron chi connectivity index (χ3n) is 4.77. The van der Waals surface area contributed by atoms with E-state index in [-0.39, 0.29) is 12.4 Å². The van der Waals surface area contributed by atoms with Crippen molar-refractivity contribution in [2.45, 2.75) is 44.2 Å². The van der Waals surface area contributed by atoms with Crippen LogP contribution in [-0.4, -0.2) is 23.5 Å². The van der Waals surface area contributed by atoms with Crippen LogP contribution in [0.25, 0.3) is 0 Å². The molecule has 20 heavy (non-hydrogen) atoms. The maximum absolute atomic E-state index is 5.99. The lowest BCUT2D eigenvalue weighted by Gasteiger charge is -2.27. The van der Waals surface area contributed by atoms with E-state index in [1.807, 2.05) is 12.1 Å². The molecule has 1 aromatic rings. The van der Waals surface area contributed by atoms with Crippen LogP contribution in [-0.2, 0) is 0 Å². The molecule has 1 heterocycles. The van der Waals surface area contributed by atoms with Crippen LogP contribution in [0.5, 0.6) is 0 Å². The second-order valence-corrected chi connectivity index (χ2v) is 6.35. The standard InChI is InChI=1S/C17H20ClN.ClH/c1-3-10-19-12(2)16(11-17(19)14-4-5-14)13-6-8-15(18)9-7-13;/h1,6-9,12,14,16-17H,4-5,10-11H2,2H3;1H. The molecule has 3 atom stereocenters. The van der Waals surface area contributed by atoms with Crippen molar-refractivity contribution in [1.29, 1.82) is 0 Å². The van der Waals surface area contributed by atoms with Crippen molar-refractivity contribution in [3.05, 3.63) is 34.9 Å². The smallest absolute Gasteiger partial charge is 0.0604 e. The first-order valence-corrected chi connectivity index (χ1v) is 7.53. The second kappa shape index (κ2) is 6.39. The number of benzene rings is 1. The van der Waals surface area contributed by atoms with Gasteiger partial charge in [0.1, 0.15) is 0 Å². The Kier molecular flexibility index (Phi) is 5.02. The summed E-state index contributed by atoms with van der Waals surface area (Å²) in [5.74, 6) is 4.31. The monoisotopic (exact) mass is 309 g/mol. The Hall–Kier alpha value is -0.680. The Labute approximate surface area is 133 Å². The molecule has 1 saturated carbocycles. The van der Waals surface area contributed by atoms with E-state index in [4.69, 9.17) is 18.0 Å². The van der Waals surface area contributed by atoms with Gasteiger partial charge >= 0.3 is 0 Å². The van der Waals surface area contributed by atoms with Crippen LogP contribution in [0.4, 0.5) is 0 Å². The van der Waals surface area contributed by atoms with Gasteiger partial charge in [0, 0.05) is 23.0 Å². The molecule has 3 unspecified atom stereocenters. The number of hydrogen-bond donors (Lipinski definition) is 0. The van der Waals surface area contributed by atoms with Crippen LogP contribution in [0.1, 0.15) is 37.7 Å². The second-order valence-electron chi connectivity index (χ2n) is 5.92. The quantitative estimate of drug-likeness (QED) is 0.750. The fourth-order valence-corrected chi connectivity index (χ4v) is 3.69. The molecule has 2 aliphatic rings. The average Bonchev–Trinajstić information content (AvgIpc) is 3.19. The molecule has 3 heteroatoms. The molecular weight excluding hydrogens is 289 g/mol. The van der Waals surface area contributed by atoms with Gasteiger partial charge < -0.3 is 0 Å². The van der Waals surface area contributed by atoms with Gasteiger partial charge in [-0.2, -0.15) is 0 Å². The van der Waals surface area contributed by atoms with Crippen LogP contribution in [0.3, 0.4) is 0 Å². The fraction of sp³-hybridized carbons (Fsp3) is 0.529. The minimum absolute atomic E-state index is 0. The Bertz CT molecular complexity index is 487. The zero-order valence-electron chi connectivity index (χ0n) is 11.8. The largest absolute Gasteiger partial charge is 0.286 e. The molecule has 1 nitrogen and oxygen atoms in total. The maximum atomic E-state index is 5.99. The highest BCUT2D eigenvalue weighted by Crippen LogP contribution is 2.47. The van der Waals surface area contributed by atoms with Crippen molar-refractivity contribution in [3.8, 4) is 12.3 Å². The average molecular weight is 310 g/mol. The van der Waals surface area contributed by atoms with E-state index in [0.717, 1.165) is 17.5 Å². The summed E-state index contributed by atoms with van der Waals surface area (Å²) in [7, 11) is 0. The van der Waals surface area contributed by atoms with Crippen molar-refractivity contribution in [2.75, 3.05) is 6.54 Å². The van der Waals surface area contributed by atoms with Crippen LogP contribution >= 0.6 is 24.0 Å². The number of nitrogens with zero attached hydrogens (tertiary/aromatic N) is 1. The van der Waals surface area contributed by atoms with E-state index in [9.17, 15) is 0 Å². The first-order valence-electron chi connectivity index (χ1n) is 7.15. The first kappa shape index (κ1) is 15.7. The molecule has 1 aromatic carbocycles. The number of terminal acetylenes is 1. The van der Waals surface area contributed by atoms with Gasteiger partial charge in [-0.15, -0.1) is 18.8 Å². The van der Waals surface area contributed by atoms with E-state index in [2.05, 4.69) is 29.9 Å². The zero-order valence-corrected chi connectivity index (χ0v) is 13.3. The molecule has 0 bridgehead atoms. The number of likely N-dealkylation sites (tertiary alicyclic amines) is 1. The van der Waals surface area contributed by atoms with Gasteiger partial charge in [-0.1, -0.05) is 29.7 Å². The van der Waals surface area contributed by atoms with Crippen LogP contribution in [0, 0.1) is 18.3 Å². The predicted octanol–water partition coefficient (Wildman–Crippen LogP) is 4.35. The minimum Gasteiger partial charge on any atom is -0.286 e. The number of hydrogen-bond acceptors (Lipinski definition) is 1. The highest BCUT2D eigenvalue weighted by atomic mass is 35.5. The van der Waals surface area contributed by atoms with E-state index < -0.39 is 0 Å². The minimum atomic E-state index is 0. The highest BCUT2D eigenvalue weighted by molar-refractivity contribution is 6.30. The third kappa shape index (κ3) is 2.98. The molecule has 0 radical (unpaired) electrons. The highest BCUT2D eigenvalue weighted by Gasteiger charge is 2.45. The van der Waals surface area contributed by atoms with Gasteiger partial charge in [0.15, 0.2) is 0 Å². The lowest BCUT2D eigenvalue weighted by atomic mass is 9.91. The van der Waals surface area contributed by atoms with Gasteiger partial charge in [0.25, 0.3) is 0 Å². The van der Waals surface area contributed by atoms with E-state index in [0.29, 0.717) is 18.0 Å². The van der Waals surface area contributed by atoms with Gasteiger partial charge in [0.2, 0.25) is 0 Å². The van der Waals surface area contributed by atoms with E-state index in [1.54, 1.807) is 0 Å². The predicted molar refractivity (Wildman–Crippen MR) is 87.6 cm³/mol. The summed E-state index contributed by atoms with van der Waals surface area (Å²) in [6, 6.07) is 9.56. The Morgan fingerprint density at radius 1 is 1.30 bits per heavy atom. The van der Waals surface area contributed by atoms with Crippen molar-refractivity contribution in [3.63, 3.8) is 0 Å². The molecule has 1 aliphatic carbocycles. The van der Waals surface area contributed by atoms with Crippen molar-refractivity contribution < 1.29 is 0 Å². The van der Waals surface area contributed by atoms with Crippen LogP contribution in [0.2, 0.25) is 5.02 Å². The maximum Gasteiger partial charge on any atom is 0.0604 e. The summed E-state index contributed by atoms with van der Waals surface area (Å²) >= 11 is 5.99. The summed E-state index contributed by atoms with van der Waals surface area (Å²) in [6.07, 6.45) is 9.55. The molecule has 0 aromatic heterocycles. The Balaban J connectivity index is 0.00000147. The van der Waals surface area contributed by atoms with Crippen LogP contribution in [0.15, 0.2) is 24.3 Å². The molecular formula is C17H21Cl2N. The topological polar surface area (TPSA) is 3.24 Å². The van der Waals surface area contributed by atoms with Crippen molar-refractivity contribution in [1.82, 2.24) is 4.90 Å². The summed E-state index contributed by atoms with van der Waals surface area (Å²) in [4.78, 5) is 2.54. The lowest BCUT2D eigenvalue weighted by molar-refractivity contribution is 0.207. The van der Waals surface area contributed by atoms with Gasteiger partial charge in [-0.25, -0.2) is 0 Å². The van der Waals surface area contributed by atoms with Crippen molar-refractivity contribution in [2.24, 2.45) is 5.92 Å². The van der Waals surface area contributed by atoms with Crippen LogP contribution < -0.4 is 0 Å². The van der Waals surface area contributed by atoms with Crippen molar-refractivity contribution >= 4 is 24.0 Å².